The molecule has 4 rings (SSSR count). The van der Waals surface area contributed by atoms with Crippen molar-refractivity contribution in [2.45, 2.75) is 63.8 Å². The highest BCUT2D eigenvalue weighted by atomic mass is 32.2. The van der Waals surface area contributed by atoms with E-state index in [4.69, 9.17) is 4.98 Å². The minimum Gasteiger partial charge on any atom is -0.334 e. The van der Waals surface area contributed by atoms with E-state index >= 15 is 0 Å². The highest BCUT2D eigenvalue weighted by Gasteiger charge is 2.28. The number of imidazole rings is 1. The Hall–Kier alpha value is -1.46. The molecule has 0 amide bonds. The van der Waals surface area contributed by atoms with Crippen molar-refractivity contribution in [3.8, 4) is 11.3 Å². The van der Waals surface area contributed by atoms with Gasteiger partial charge in [0.15, 0.2) is 0 Å². The fraction of sp³-hybridized carbons (Fsp3) is 0.526. The third kappa shape index (κ3) is 2.84. The molecule has 2 atom stereocenters. The van der Waals surface area contributed by atoms with Gasteiger partial charge in [-0.05, 0) is 57.2 Å². The molecular formula is C19H25N3OS. The summed E-state index contributed by atoms with van der Waals surface area (Å²) in [4.78, 5) is 4.79. The van der Waals surface area contributed by atoms with Crippen molar-refractivity contribution >= 4 is 11.0 Å². The average molecular weight is 343 g/mol. The molecule has 1 N–H and O–H groups in total. The molecule has 4 nitrogen and oxygen atoms in total. The molecule has 0 bridgehead atoms. The van der Waals surface area contributed by atoms with Gasteiger partial charge < -0.3 is 4.57 Å². The molecule has 1 aliphatic carbocycles. The topological polar surface area (TPSA) is 46.9 Å². The predicted molar refractivity (Wildman–Crippen MR) is 98.1 cm³/mol. The first-order valence-electron chi connectivity index (χ1n) is 8.79. The van der Waals surface area contributed by atoms with Gasteiger partial charge in [-0.15, -0.1) is 0 Å². The van der Waals surface area contributed by atoms with Gasteiger partial charge in [0.25, 0.3) is 0 Å². The maximum Gasteiger partial charge on any atom is 0.109 e. The lowest BCUT2D eigenvalue weighted by molar-refractivity contribution is 0.596. The Balaban J connectivity index is 1.62. The molecule has 24 heavy (non-hydrogen) atoms. The van der Waals surface area contributed by atoms with E-state index in [2.05, 4.69) is 33.7 Å². The molecule has 0 spiro atoms. The van der Waals surface area contributed by atoms with E-state index in [9.17, 15) is 4.21 Å². The van der Waals surface area contributed by atoms with Crippen LogP contribution < -0.4 is 4.72 Å². The van der Waals surface area contributed by atoms with Crippen LogP contribution >= 0.6 is 0 Å². The summed E-state index contributed by atoms with van der Waals surface area (Å²) in [6, 6.07) is 6.82. The molecule has 2 aliphatic rings. The molecule has 1 aromatic carbocycles. The van der Waals surface area contributed by atoms with Crippen LogP contribution in [0.3, 0.4) is 0 Å². The largest absolute Gasteiger partial charge is 0.334 e. The number of hydrogen-bond acceptors (Lipinski definition) is 2. The number of nitrogens with zero attached hydrogens (tertiary/aromatic N) is 2. The van der Waals surface area contributed by atoms with E-state index in [0.717, 1.165) is 31.5 Å². The molecule has 0 fully saturated rings. The van der Waals surface area contributed by atoms with Gasteiger partial charge in [0, 0.05) is 30.8 Å². The summed E-state index contributed by atoms with van der Waals surface area (Å²) >= 11 is 0. The van der Waals surface area contributed by atoms with E-state index < -0.39 is 11.0 Å². The zero-order valence-electron chi connectivity index (χ0n) is 14.6. The van der Waals surface area contributed by atoms with E-state index in [-0.39, 0.29) is 10.8 Å². The zero-order valence-corrected chi connectivity index (χ0v) is 15.4. The molecule has 5 heteroatoms. The van der Waals surface area contributed by atoms with Gasteiger partial charge in [-0.25, -0.2) is 13.9 Å². The average Bonchev–Trinajstić information content (AvgIpc) is 3.20. The Labute approximate surface area is 146 Å². The third-order valence-electron chi connectivity index (χ3n) is 4.98. The Bertz CT molecular complexity index is 782. The summed E-state index contributed by atoms with van der Waals surface area (Å²) in [6.07, 6.45) is 6.53. The molecule has 0 saturated heterocycles. The lowest BCUT2D eigenvalue weighted by Gasteiger charge is -2.22. The zero-order chi connectivity index (χ0) is 16.9. The monoisotopic (exact) mass is 343 g/mol. The van der Waals surface area contributed by atoms with Gasteiger partial charge in [-0.3, -0.25) is 0 Å². The summed E-state index contributed by atoms with van der Waals surface area (Å²) in [5.74, 6) is 1.20. The summed E-state index contributed by atoms with van der Waals surface area (Å²) in [5.41, 5.74) is 4.90. The van der Waals surface area contributed by atoms with Crippen molar-refractivity contribution in [1.82, 2.24) is 14.3 Å². The van der Waals surface area contributed by atoms with Gasteiger partial charge in [-0.2, -0.15) is 0 Å². The van der Waals surface area contributed by atoms with Gasteiger partial charge >= 0.3 is 0 Å². The molecule has 2 heterocycles. The lowest BCUT2D eigenvalue weighted by Crippen LogP contribution is -2.35. The van der Waals surface area contributed by atoms with E-state index in [1.54, 1.807) is 0 Å². The fourth-order valence-electron chi connectivity index (χ4n) is 3.58. The number of benzene rings is 1. The first-order valence-corrected chi connectivity index (χ1v) is 9.94. The van der Waals surface area contributed by atoms with Crippen LogP contribution in [0.5, 0.6) is 0 Å². The first-order chi connectivity index (χ1) is 11.4. The minimum absolute atomic E-state index is 0.175. The van der Waals surface area contributed by atoms with Crippen molar-refractivity contribution < 1.29 is 4.21 Å². The second-order valence-electron chi connectivity index (χ2n) is 7.84. The van der Waals surface area contributed by atoms with Crippen molar-refractivity contribution in [2.75, 3.05) is 0 Å². The molecule has 0 radical (unpaired) electrons. The molecule has 0 saturated carbocycles. The van der Waals surface area contributed by atoms with Crippen LogP contribution in [0.2, 0.25) is 0 Å². The van der Waals surface area contributed by atoms with Gasteiger partial charge in [-0.1, -0.05) is 12.1 Å². The van der Waals surface area contributed by atoms with E-state index in [0.29, 0.717) is 0 Å². The van der Waals surface area contributed by atoms with Crippen LogP contribution in [0.1, 0.15) is 56.6 Å². The molecule has 1 unspecified atom stereocenters. The normalized spacial score (nSPS) is 20.9. The molecule has 1 aromatic heterocycles. The Kier molecular flexibility index (Phi) is 3.88. The van der Waals surface area contributed by atoms with Crippen LogP contribution in [-0.4, -0.2) is 18.5 Å². The summed E-state index contributed by atoms with van der Waals surface area (Å²) in [5, 5.41) is 0. The summed E-state index contributed by atoms with van der Waals surface area (Å²) in [6.45, 7) is 7.11. The van der Waals surface area contributed by atoms with Crippen LogP contribution in [0.4, 0.5) is 0 Å². The number of aryl methyl sites for hydroxylation is 3. The van der Waals surface area contributed by atoms with Crippen LogP contribution in [0.25, 0.3) is 11.3 Å². The Morgan fingerprint density at radius 3 is 2.88 bits per heavy atom. The molecule has 2 aromatic rings. The number of fused-ring (bicyclic) bond motifs is 2. The second kappa shape index (κ2) is 5.81. The number of aromatic nitrogens is 2. The van der Waals surface area contributed by atoms with Gasteiger partial charge in [0.1, 0.15) is 5.82 Å². The van der Waals surface area contributed by atoms with Crippen LogP contribution in [0, 0.1) is 0 Å². The molecular weight excluding hydrogens is 318 g/mol. The van der Waals surface area contributed by atoms with Crippen molar-refractivity contribution in [2.24, 2.45) is 0 Å². The highest BCUT2D eigenvalue weighted by Crippen LogP contribution is 2.35. The van der Waals surface area contributed by atoms with Crippen LogP contribution in [-0.2, 0) is 30.4 Å². The van der Waals surface area contributed by atoms with Crippen molar-refractivity contribution in [3.63, 3.8) is 0 Å². The third-order valence-corrected chi connectivity index (χ3v) is 6.59. The van der Waals surface area contributed by atoms with Crippen molar-refractivity contribution in [3.05, 3.63) is 41.3 Å². The maximum absolute atomic E-state index is 12.5. The highest BCUT2D eigenvalue weighted by molar-refractivity contribution is 7.84. The smallest absolute Gasteiger partial charge is 0.109 e. The Morgan fingerprint density at radius 2 is 2.12 bits per heavy atom. The standard InChI is InChI=1S/C19H25N3OS/c1-19(2,3)24(23)21-16-9-8-13-6-7-14(11-15(13)16)17-12-22-10-4-5-18(22)20-17/h6-7,11-12,16,21H,4-5,8-10H2,1-3H3/t16-,24?/m1/s1. The lowest BCUT2D eigenvalue weighted by atomic mass is 10.0. The quantitative estimate of drug-likeness (QED) is 0.927. The predicted octanol–water partition coefficient (Wildman–Crippen LogP) is 3.54. The number of rotatable bonds is 3. The summed E-state index contributed by atoms with van der Waals surface area (Å²) in [7, 11) is -1.05. The molecule has 1 aliphatic heterocycles. The van der Waals surface area contributed by atoms with E-state index in [1.165, 1.54) is 28.9 Å². The number of nitrogens with one attached hydrogen (secondary N) is 1. The van der Waals surface area contributed by atoms with Gasteiger partial charge in [0.2, 0.25) is 0 Å². The second-order valence-corrected chi connectivity index (χ2v) is 9.84. The summed E-state index contributed by atoms with van der Waals surface area (Å²) < 4.78 is 17.8. The molecule has 128 valence electrons. The van der Waals surface area contributed by atoms with Crippen molar-refractivity contribution in [1.29, 1.82) is 0 Å². The van der Waals surface area contributed by atoms with Gasteiger partial charge in [0.05, 0.1) is 21.4 Å². The first kappa shape index (κ1) is 16.0. The van der Waals surface area contributed by atoms with E-state index in [1.807, 2.05) is 20.8 Å². The maximum atomic E-state index is 12.5. The minimum atomic E-state index is -1.05. The number of hydrogen-bond donors (Lipinski definition) is 1. The van der Waals surface area contributed by atoms with Crippen LogP contribution in [0.15, 0.2) is 24.4 Å². The SMILES string of the molecule is CC(C)(C)S(=O)N[C@@H]1CCc2ccc(-c3cn4c(n3)CCC4)cc21. The fourth-order valence-corrected chi connectivity index (χ4v) is 4.44. The Morgan fingerprint density at radius 1 is 1.29 bits per heavy atom.